The van der Waals surface area contributed by atoms with E-state index in [1.54, 1.807) is 24.0 Å². The van der Waals surface area contributed by atoms with E-state index in [9.17, 15) is 0 Å². The van der Waals surface area contributed by atoms with Crippen LogP contribution in [0.2, 0.25) is 0 Å². The summed E-state index contributed by atoms with van der Waals surface area (Å²) in [5.41, 5.74) is 12.5. The number of thiazole rings is 1. The Kier molecular flexibility index (Phi) is 3.80. The van der Waals surface area contributed by atoms with Crippen molar-refractivity contribution in [2.45, 2.75) is 40.0 Å². The zero-order valence-electron chi connectivity index (χ0n) is 15.3. The van der Waals surface area contributed by atoms with Gasteiger partial charge in [0.05, 0.1) is 12.8 Å². The van der Waals surface area contributed by atoms with Gasteiger partial charge in [0.15, 0.2) is 0 Å². The Balaban J connectivity index is 1.46. The van der Waals surface area contributed by atoms with Crippen LogP contribution in [0.25, 0.3) is 11.3 Å². The molecule has 4 nitrogen and oxygen atoms in total. The van der Waals surface area contributed by atoms with E-state index in [0.29, 0.717) is 10.8 Å². The summed E-state index contributed by atoms with van der Waals surface area (Å²) in [6.45, 7) is 7.18. The van der Waals surface area contributed by atoms with Crippen LogP contribution >= 0.6 is 11.3 Å². The monoisotopic (exact) mass is 355 g/mol. The van der Waals surface area contributed by atoms with Crippen LogP contribution in [0.1, 0.15) is 40.0 Å². The minimum Gasteiger partial charge on any atom is -0.497 e. The van der Waals surface area contributed by atoms with Gasteiger partial charge in [-0.2, -0.15) is 0 Å². The molecule has 0 spiro atoms. The fourth-order valence-electron chi connectivity index (χ4n) is 4.20. The summed E-state index contributed by atoms with van der Waals surface area (Å²) in [5, 5.41) is 2.97. The highest BCUT2D eigenvalue weighted by Gasteiger charge is 2.54. The fraction of sp³-hybridized carbons (Fsp3) is 0.450. The maximum atomic E-state index is 5.21. The number of nitrogens with zero attached hydrogens (tertiary/aromatic N) is 1. The lowest BCUT2D eigenvalue weighted by molar-refractivity contribution is 0.180. The average Bonchev–Trinajstić information content (AvgIpc) is 3.22. The van der Waals surface area contributed by atoms with E-state index < -0.39 is 0 Å². The van der Waals surface area contributed by atoms with Gasteiger partial charge in [-0.25, -0.2) is 4.98 Å². The molecule has 2 aliphatic carbocycles. The Hall–Kier alpha value is -2.01. The lowest BCUT2D eigenvalue weighted by Crippen LogP contribution is -2.27. The van der Waals surface area contributed by atoms with Crippen molar-refractivity contribution in [3.8, 4) is 17.0 Å². The van der Waals surface area contributed by atoms with Crippen molar-refractivity contribution < 1.29 is 4.74 Å². The first-order chi connectivity index (χ1) is 11.9. The summed E-state index contributed by atoms with van der Waals surface area (Å²) in [6.07, 6.45) is 3.64. The van der Waals surface area contributed by atoms with Crippen LogP contribution in [0.3, 0.4) is 0 Å². The lowest BCUT2D eigenvalue weighted by Gasteiger charge is -2.33. The Morgan fingerprint density at radius 2 is 1.88 bits per heavy atom. The number of hydrazine groups is 1. The van der Waals surface area contributed by atoms with E-state index in [1.807, 2.05) is 24.3 Å². The van der Waals surface area contributed by atoms with Crippen LogP contribution in [-0.4, -0.2) is 12.1 Å². The van der Waals surface area contributed by atoms with Crippen LogP contribution in [0, 0.1) is 10.8 Å². The molecule has 1 aromatic carbocycles. The predicted molar refractivity (Wildman–Crippen MR) is 104 cm³/mol. The van der Waals surface area contributed by atoms with Gasteiger partial charge in [0, 0.05) is 16.6 Å². The summed E-state index contributed by atoms with van der Waals surface area (Å²) < 4.78 is 5.21. The molecule has 0 amide bonds. The number of allylic oxidation sites excluding steroid dienone is 2. The van der Waals surface area contributed by atoms with E-state index >= 15 is 0 Å². The number of anilines is 1. The topological polar surface area (TPSA) is 46.2 Å². The van der Waals surface area contributed by atoms with Gasteiger partial charge in [-0.3, -0.25) is 5.43 Å². The van der Waals surface area contributed by atoms with E-state index in [1.165, 1.54) is 18.5 Å². The summed E-state index contributed by atoms with van der Waals surface area (Å²) in [7, 11) is 1.68. The highest BCUT2D eigenvalue weighted by atomic mass is 32.1. The van der Waals surface area contributed by atoms with Crippen LogP contribution in [0.5, 0.6) is 5.75 Å². The van der Waals surface area contributed by atoms with Crippen molar-refractivity contribution in [3.63, 3.8) is 0 Å². The van der Waals surface area contributed by atoms with Gasteiger partial charge in [-0.05, 0) is 59.9 Å². The predicted octanol–water partition coefficient (Wildman–Crippen LogP) is 5.22. The second-order valence-corrected chi connectivity index (χ2v) is 8.69. The zero-order chi connectivity index (χ0) is 17.7. The van der Waals surface area contributed by atoms with Crippen LogP contribution in [0.15, 0.2) is 40.9 Å². The van der Waals surface area contributed by atoms with Gasteiger partial charge in [0.25, 0.3) is 0 Å². The van der Waals surface area contributed by atoms with Crippen molar-refractivity contribution in [1.29, 1.82) is 0 Å². The molecule has 0 saturated heterocycles. The molecule has 0 radical (unpaired) electrons. The van der Waals surface area contributed by atoms with Gasteiger partial charge < -0.3 is 10.2 Å². The van der Waals surface area contributed by atoms with E-state index in [-0.39, 0.29) is 0 Å². The fourth-order valence-corrected chi connectivity index (χ4v) is 4.87. The maximum Gasteiger partial charge on any atom is 0.202 e. The molecule has 132 valence electrons. The van der Waals surface area contributed by atoms with Gasteiger partial charge in [-0.1, -0.05) is 20.8 Å². The highest BCUT2D eigenvalue weighted by molar-refractivity contribution is 7.14. The molecule has 1 atom stereocenters. The standard InChI is InChI=1S/C20H25N3OS/c1-19(2)15-9-10-20(19,3)11-16(15)22-23-18-21-17(12-25-18)13-5-7-14(24-4)8-6-13/h5-8,12,22H,9-11H2,1-4H3,(H,21,23). The van der Waals surface area contributed by atoms with Crippen LogP contribution < -0.4 is 15.6 Å². The SMILES string of the molecule is COc1ccc(-c2csc(NNC3=C4CCC(C)(C3)C4(C)C)n2)cc1. The molecule has 4 rings (SSSR count). The smallest absolute Gasteiger partial charge is 0.202 e. The summed E-state index contributed by atoms with van der Waals surface area (Å²) in [5.74, 6) is 0.861. The molecule has 1 heterocycles. The summed E-state index contributed by atoms with van der Waals surface area (Å²) >= 11 is 1.62. The van der Waals surface area contributed by atoms with Gasteiger partial charge in [0.2, 0.25) is 5.13 Å². The second-order valence-electron chi connectivity index (χ2n) is 7.84. The molecule has 1 aromatic heterocycles. The van der Waals surface area contributed by atoms with E-state index in [0.717, 1.165) is 28.6 Å². The number of nitrogens with one attached hydrogen (secondary N) is 2. The minimum absolute atomic E-state index is 0.300. The molecule has 1 unspecified atom stereocenters. The van der Waals surface area contributed by atoms with Crippen LogP contribution in [0.4, 0.5) is 5.13 Å². The number of hydrogen-bond donors (Lipinski definition) is 2. The normalized spacial score (nSPS) is 23.8. The second kappa shape index (κ2) is 5.77. The molecule has 2 bridgehead atoms. The number of methoxy groups -OCH3 is 1. The highest BCUT2D eigenvalue weighted by Crippen LogP contribution is 2.64. The molecule has 1 saturated carbocycles. The molecule has 1 fully saturated rings. The lowest BCUT2D eigenvalue weighted by atomic mass is 9.70. The number of benzene rings is 1. The third-order valence-electron chi connectivity index (χ3n) is 6.33. The molecule has 5 heteroatoms. The molecule has 25 heavy (non-hydrogen) atoms. The van der Waals surface area contributed by atoms with E-state index in [4.69, 9.17) is 9.72 Å². The van der Waals surface area contributed by atoms with Crippen molar-refractivity contribution >= 4 is 16.5 Å². The molecule has 2 aliphatic rings. The Labute approximate surface area is 153 Å². The number of rotatable bonds is 5. The first kappa shape index (κ1) is 16.5. The summed E-state index contributed by atoms with van der Waals surface area (Å²) in [4.78, 5) is 4.69. The Bertz CT molecular complexity index is 822. The van der Waals surface area contributed by atoms with Gasteiger partial charge in [-0.15, -0.1) is 11.3 Å². The van der Waals surface area contributed by atoms with Crippen molar-refractivity contribution in [2.75, 3.05) is 12.5 Å². The third-order valence-corrected chi connectivity index (χ3v) is 7.09. The number of ether oxygens (including phenoxy) is 1. The van der Waals surface area contributed by atoms with E-state index in [2.05, 4.69) is 37.0 Å². The Morgan fingerprint density at radius 3 is 2.48 bits per heavy atom. The molecule has 2 N–H and O–H groups in total. The van der Waals surface area contributed by atoms with Crippen molar-refractivity contribution in [1.82, 2.24) is 10.4 Å². The number of aromatic nitrogens is 1. The van der Waals surface area contributed by atoms with Crippen molar-refractivity contribution in [2.24, 2.45) is 10.8 Å². The maximum absolute atomic E-state index is 5.21. The van der Waals surface area contributed by atoms with Crippen LogP contribution in [-0.2, 0) is 0 Å². The molecule has 0 aliphatic heterocycles. The van der Waals surface area contributed by atoms with Crippen molar-refractivity contribution in [3.05, 3.63) is 40.9 Å². The Morgan fingerprint density at radius 1 is 1.12 bits per heavy atom. The average molecular weight is 356 g/mol. The van der Waals surface area contributed by atoms with Gasteiger partial charge in [0.1, 0.15) is 5.75 Å². The molecular weight excluding hydrogens is 330 g/mol. The number of fused-ring (bicyclic) bond motifs is 2. The third kappa shape index (κ3) is 2.61. The minimum atomic E-state index is 0.300. The molecule has 2 aromatic rings. The first-order valence-electron chi connectivity index (χ1n) is 8.77. The quantitative estimate of drug-likeness (QED) is 0.722. The number of hydrogen-bond acceptors (Lipinski definition) is 5. The van der Waals surface area contributed by atoms with Gasteiger partial charge >= 0.3 is 0 Å². The summed E-state index contributed by atoms with van der Waals surface area (Å²) in [6, 6.07) is 8.00. The zero-order valence-corrected chi connectivity index (χ0v) is 16.1. The largest absolute Gasteiger partial charge is 0.497 e. The molecular formula is C20H25N3OS. The first-order valence-corrected chi connectivity index (χ1v) is 9.65.